The van der Waals surface area contributed by atoms with E-state index in [0.29, 0.717) is 16.9 Å². The Kier molecular flexibility index (Phi) is 7.22. The van der Waals surface area contributed by atoms with Crippen molar-refractivity contribution in [1.29, 1.82) is 5.26 Å². The zero-order valence-electron chi connectivity index (χ0n) is 20.2. The van der Waals surface area contributed by atoms with E-state index in [1.54, 1.807) is 19.1 Å². The SMILES string of the molecule is Cc1ccccc1NS(=O)(=O)c1ccc(N=Cc2c(C)c(C#N)c(=O)n(Cc3ccccc3)c2O)cc1. The van der Waals surface area contributed by atoms with Gasteiger partial charge in [0.1, 0.15) is 11.6 Å². The molecule has 8 nitrogen and oxygen atoms in total. The Hall–Kier alpha value is -4.68. The van der Waals surface area contributed by atoms with Gasteiger partial charge in [-0.25, -0.2) is 8.42 Å². The lowest BCUT2D eigenvalue weighted by atomic mass is 10.1. The van der Waals surface area contributed by atoms with Crippen LogP contribution in [-0.2, 0) is 16.6 Å². The molecule has 1 aromatic heterocycles. The lowest BCUT2D eigenvalue weighted by molar-refractivity contribution is 0.413. The normalized spacial score (nSPS) is 11.4. The smallest absolute Gasteiger partial charge is 0.271 e. The van der Waals surface area contributed by atoms with Gasteiger partial charge in [0.05, 0.1) is 28.4 Å². The minimum absolute atomic E-state index is 0.0666. The zero-order valence-corrected chi connectivity index (χ0v) is 21.0. The number of nitrogens with zero attached hydrogens (tertiary/aromatic N) is 3. The summed E-state index contributed by atoms with van der Waals surface area (Å²) in [7, 11) is -3.80. The quantitative estimate of drug-likeness (QED) is 0.349. The number of nitrogens with one attached hydrogen (secondary N) is 1. The molecule has 4 aromatic rings. The van der Waals surface area contributed by atoms with Crippen LogP contribution in [0.1, 0.15) is 27.8 Å². The van der Waals surface area contributed by atoms with Crippen molar-refractivity contribution in [3.05, 3.63) is 117 Å². The highest BCUT2D eigenvalue weighted by molar-refractivity contribution is 7.92. The van der Waals surface area contributed by atoms with E-state index >= 15 is 0 Å². The molecule has 0 saturated carbocycles. The van der Waals surface area contributed by atoms with Crippen molar-refractivity contribution < 1.29 is 13.5 Å². The number of hydrogen-bond donors (Lipinski definition) is 2. The molecule has 37 heavy (non-hydrogen) atoms. The number of aromatic hydroxyl groups is 1. The van der Waals surface area contributed by atoms with Crippen LogP contribution in [0.5, 0.6) is 5.88 Å². The molecule has 2 N–H and O–H groups in total. The van der Waals surface area contributed by atoms with Gasteiger partial charge in [-0.3, -0.25) is 19.1 Å². The lowest BCUT2D eigenvalue weighted by Gasteiger charge is -2.14. The van der Waals surface area contributed by atoms with Gasteiger partial charge in [0, 0.05) is 6.21 Å². The summed E-state index contributed by atoms with van der Waals surface area (Å²) in [5.74, 6) is -0.310. The second-order valence-electron chi connectivity index (χ2n) is 8.40. The molecule has 0 radical (unpaired) electrons. The summed E-state index contributed by atoms with van der Waals surface area (Å²) in [6.45, 7) is 3.47. The number of para-hydroxylation sites is 1. The molecular weight excluding hydrogens is 488 g/mol. The van der Waals surface area contributed by atoms with Gasteiger partial charge >= 0.3 is 0 Å². The predicted molar refractivity (Wildman–Crippen MR) is 143 cm³/mol. The Bertz CT molecular complexity index is 1690. The first-order chi connectivity index (χ1) is 17.7. The molecule has 0 spiro atoms. The van der Waals surface area contributed by atoms with Crippen molar-refractivity contribution in [1.82, 2.24) is 4.57 Å². The number of aliphatic imine (C=N–C) groups is 1. The summed E-state index contributed by atoms with van der Waals surface area (Å²) in [5.41, 5.74) is 2.36. The summed E-state index contributed by atoms with van der Waals surface area (Å²) in [6, 6.07) is 24.0. The molecule has 4 rings (SSSR count). The fourth-order valence-corrected chi connectivity index (χ4v) is 4.91. The molecule has 0 aliphatic carbocycles. The van der Waals surface area contributed by atoms with Gasteiger partial charge < -0.3 is 5.11 Å². The van der Waals surface area contributed by atoms with Crippen LogP contribution in [0, 0.1) is 25.2 Å². The maximum absolute atomic E-state index is 12.8. The maximum Gasteiger partial charge on any atom is 0.271 e. The number of aryl methyl sites for hydroxylation is 1. The fourth-order valence-electron chi connectivity index (χ4n) is 3.78. The van der Waals surface area contributed by atoms with Crippen molar-refractivity contribution in [2.75, 3.05) is 4.72 Å². The average molecular weight is 513 g/mol. The van der Waals surface area contributed by atoms with Gasteiger partial charge in [-0.15, -0.1) is 0 Å². The van der Waals surface area contributed by atoms with Gasteiger partial charge in [-0.05, 0) is 60.9 Å². The van der Waals surface area contributed by atoms with Gasteiger partial charge in [0.15, 0.2) is 0 Å². The topological polar surface area (TPSA) is 125 Å². The van der Waals surface area contributed by atoms with E-state index in [4.69, 9.17) is 0 Å². The van der Waals surface area contributed by atoms with Crippen molar-refractivity contribution in [3.8, 4) is 11.9 Å². The molecule has 0 amide bonds. The van der Waals surface area contributed by atoms with E-state index in [9.17, 15) is 23.6 Å². The monoisotopic (exact) mass is 512 g/mol. The van der Waals surface area contributed by atoms with Gasteiger partial charge in [0.2, 0.25) is 5.88 Å². The number of anilines is 1. The minimum Gasteiger partial charge on any atom is -0.494 e. The third-order valence-electron chi connectivity index (χ3n) is 5.91. The van der Waals surface area contributed by atoms with Gasteiger partial charge in [0.25, 0.3) is 15.6 Å². The number of nitriles is 1. The predicted octanol–water partition coefficient (Wildman–Crippen LogP) is 4.64. The molecule has 0 bridgehead atoms. The molecule has 0 atom stereocenters. The molecule has 0 saturated heterocycles. The van der Waals surface area contributed by atoms with Crippen LogP contribution >= 0.6 is 0 Å². The number of benzene rings is 3. The fraction of sp³-hybridized carbons (Fsp3) is 0.107. The van der Waals surface area contributed by atoms with E-state index in [1.165, 1.54) is 30.5 Å². The Morgan fingerprint density at radius 1 is 1.00 bits per heavy atom. The van der Waals surface area contributed by atoms with E-state index in [0.717, 1.165) is 15.7 Å². The summed E-state index contributed by atoms with van der Waals surface area (Å²) in [5, 5.41) is 20.5. The van der Waals surface area contributed by atoms with Crippen LogP contribution in [0.3, 0.4) is 0 Å². The largest absolute Gasteiger partial charge is 0.494 e. The Balaban J connectivity index is 1.64. The summed E-state index contributed by atoms with van der Waals surface area (Å²) in [6.07, 6.45) is 1.36. The first kappa shape index (κ1) is 25.4. The molecule has 0 fully saturated rings. The first-order valence-corrected chi connectivity index (χ1v) is 12.8. The number of rotatable bonds is 7. The Morgan fingerprint density at radius 3 is 2.30 bits per heavy atom. The molecule has 9 heteroatoms. The standard InChI is InChI=1S/C28H24N4O4S/c1-19-8-6-7-11-26(19)31-37(35,36)23-14-12-22(13-15-23)30-17-25-20(2)24(16-29)27(33)32(28(25)34)18-21-9-4-3-5-10-21/h3-15,17,31,34H,18H2,1-2H3. The van der Waals surface area contributed by atoms with Gasteiger partial charge in [-0.2, -0.15) is 5.26 Å². The zero-order chi connectivity index (χ0) is 26.6. The van der Waals surface area contributed by atoms with Crippen molar-refractivity contribution >= 4 is 27.6 Å². The highest BCUT2D eigenvalue weighted by Gasteiger charge is 2.19. The van der Waals surface area contributed by atoms with E-state index in [2.05, 4.69) is 9.71 Å². The van der Waals surface area contributed by atoms with Crippen LogP contribution in [0.2, 0.25) is 0 Å². The summed E-state index contributed by atoms with van der Waals surface area (Å²) < 4.78 is 29.3. The van der Waals surface area contributed by atoms with Crippen molar-refractivity contribution in [2.24, 2.45) is 4.99 Å². The van der Waals surface area contributed by atoms with E-state index in [1.807, 2.05) is 55.5 Å². The number of aromatic nitrogens is 1. The first-order valence-electron chi connectivity index (χ1n) is 11.3. The second-order valence-corrected chi connectivity index (χ2v) is 10.1. The second kappa shape index (κ2) is 10.5. The molecular formula is C28H24N4O4S. The lowest BCUT2D eigenvalue weighted by Crippen LogP contribution is -2.25. The third-order valence-corrected chi connectivity index (χ3v) is 7.29. The van der Waals surface area contributed by atoms with Crippen molar-refractivity contribution in [3.63, 3.8) is 0 Å². The van der Waals surface area contributed by atoms with Crippen LogP contribution in [0.25, 0.3) is 0 Å². The van der Waals surface area contributed by atoms with Crippen molar-refractivity contribution in [2.45, 2.75) is 25.3 Å². The Morgan fingerprint density at radius 2 is 1.65 bits per heavy atom. The molecule has 0 aliphatic rings. The number of sulfonamides is 1. The highest BCUT2D eigenvalue weighted by atomic mass is 32.2. The molecule has 3 aromatic carbocycles. The maximum atomic E-state index is 12.8. The highest BCUT2D eigenvalue weighted by Crippen LogP contribution is 2.24. The van der Waals surface area contributed by atoms with E-state index in [-0.39, 0.29) is 28.4 Å². The summed E-state index contributed by atoms with van der Waals surface area (Å²) in [4.78, 5) is 17.2. The van der Waals surface area contributed by atoms with Crippen LogP contribution in [0.15, 0.2) is 93.5 Å². The van der Waals surface area contributed by atoms with Crippen LogP contribution < -0.4 is 10.3 Å². The Labute approximate surface area is 214 Å². The average Bonchev–Trinajstić information content (AvgIpc) is 2.89. The third kappa shape index (κ3) is 5.44. The van der Waals surface area contributed by atoms with Gasteiger partial charge in [-0.1, -0.05) is 48.5 Å². The molecule has 1 heterocycles. The minimum atomic E-state index is -3.80. The molecule has 0 unspecified atom stereocenters. The van der Waals surface area contributed by atoms with Crippen LogP contribution in [0.4, 0.5) is 11.4 Å². The van der Waals surface area contributed by atoms with Crippen LogP contribution in [-0.4, -0.2) is 24.3 Å². The number of hydrogen-bond acceptors (Lipinski definition) is 6. The molecule has 0 aliphatic heterocycles. The summed E-state index contributed by atoms with van der Waals surface area (Å²) >= 11 is 0. The number of pyridine rings is 1. The van der Waals surface area contributed by atoms with E-state index < -0.39 is 15.6 Å². The molecule has 186 valence electrons.